The predicted molar refractivity (Wildman–Crippen MR) is 65.6 cm³/mol. The Kier molecular flexibility index (Phi) is 14.5. The molecule has 10 heteroatoms. The van der Waals surface area contributed by atoms with Crippen molar-refractivity contribution in [2.75, 3.05) is 13.1 Å². The van der Waals surface area contributed by atoms with E-state index in [0.29, 0.717) is 13.1 Å². The Morgan fingerprint density at radius 1 is 0.773 bits per heavy atom. The summed E-state index contributed by atoms with van der Waals surface area (Å²) < 4.78 is 34.0. The summed E-state index contributed by atoms with van der Waals surface area (Å²) in [5.74, 6) is 0. The Hall–Kier alpha value is -0.988. The SMILES string of the molecule is NCCN.[O-][Cl+3]([O-])([O-])[O-].[Pd+2].c1ccc(-c2ccccn2)nc1. The molecule has 0 aliphatic heterocycles. The van der Waals surface area contributed by atoms with Gasteiger partial charge in [0.25, 0.3) is 0 Å². The summed E-state index contributed by atoms with van der Waals surface area (Å²) in [4.78, 5) is 8.37. The molecular weight excluding hydrogens is 406 g/mol. The summed E-state index contributed by atoms with van der Waals surface area (Å²) in [6.45, 7) is 1.19. The first-order chi connectivity index (χ1) is 9.88. The molecule has 2 aromatic rings. The fourth-order valence-electron chi connectivity index (χ4n) is 1.03. The van der Waals surface area contributed by atoms with Gasteiger partial charge in [-0.15, -0.1) is 10.2 Å². The Morgan fingerprint density at radius 2 is 1.09 bits per heavy atom. The van der Waals surface area contributed by atoms with E-state index < -0.39 is 10.2 Å². The summed E-state index contributed by atoms with van der Waals surface area (Å²) in [7, 11) is -4.94. The molecule has 0 saturated carbocycles. The molecule has 2 aromatic heterocycles. The van der Waals surface area contributed by atoms with Crippen LogP contribution in [0.5, 0.6) is 0 Å². The number of nitrogens with two attached hydrogens (primary N) is 2. The summed E-state index contributed by atoms with van der Waals surface area (Å²) >= 11 is 0. The molecule has 0 spiro atoms. The maximum Gasteiger partial charge on any atom is 2.00 e. The Morgan fingerprint density at radius 3 is 1.27 bits per heavy atom. The van der Waals surface area contributed by atoms with E-state index in [4.69, 9.17) is 30.1 Å². The van der Waals surface area contributed by atoms with Crippen LogP contribution in [0.1, 0.15) is 0 Å². The molecule has 2 rings (SSSR count). The third-order valence-corrected chi connectivity index (χ3v) is 1.76. The standard InChI is InChI=1S/C10H8N2.C2H8N2.ClHO4.Pd/c1-3-7-11-9(5-1)10-6-2-4-8-12-10;3-1-2-4;2-1(3,4)5;/h1-8H;1-4H2;(H,2,3,4,5);/q;;;+2/p-1. The molecule has 0 saturated heterocycles. The van der Waals surface area contributed by atoms with Crippen LogP contribution >= 0.6 is 0 Å². The summed E-state index contributed by atoms with van der Waals surface area (Å²) in [6, 6.07) is 11.6. The van der Waals surface area contributed by atoms with Gasteiger partial charge in [-0.1, -0.05) is 12.1 Å². The quantitative estimate of drug-likeness (QED) is 0.466. The van der Waals surface area contributed by atoms with Gasteiger partial charge in [-0.05, 0) is 24.3 Å². The van der Waals surface area contributed by atoms with Crippen molar-refractivity contribution in [2.24, 2.45) is 11.5 Å². The summed E-state index contributed by atoms with van der Waals surface area (Å²) in [5.41, 5.74) is 11.6. The molecule has 0 fully saturated rings. The number of hydrogen-bond donors (Lipinski definition) is 2. The van der Waals surface area contributed by atoms with Crippen molar-refractivity contribution in [3.05, 3.63) is 48.8 Å². The molecule has 0 atom stereocenters. The number of rotatable bonds is 2. The molecule has 0 aliphatic rings. The molecule has 0 unspecified atom stereocenters. The Bertz CT molecular complexity index is 428. The van der Waals surface area contributed by atoms with Crippen molar-refractivity contribution in [2.45, 2.75) is 0 Å². The van der Waals surface area contributed by atoms with Crippen LogP contribution < -0.4 is 30.1 Å². The normalized spacial score (nSPS) is 9.36. The number of aromatic nitrogens is 2. The van der Waals surface area contributed by atoms with Gasteiger partial charge in [0.1, 0.15) is 0 Å². The molecule has 0 aromatic carbocycles. The average molecular weight is 422 g/mol. The van der Waals surface area contributed by atoms with E-state index in [9.17, 15) is 0 Å². The first-order valence-corrected chi connectivity index (χ1v) is 6.96. The molecule has 0 aliphatic carbocycles. The summed E-state index contributed by atoms with van der Waals surface area (Å²) in [6.07, 6.45) is 3.54. The van der Waals surface area contributed by atoms with Gasteiger partial charge < -0.3 is 11.5 Å². The van der Waals surface area contributed by atoms with E-state index in [1.807, 2.05) is 36.4 Å². The first-order valence-electron chi connectivity index (χ1n) is 5.72. The van der Waals surface area contributed by atoms with Crippen molar-refractivity contribution >= 4 is 0 Å². The number of halogens is 1. The Labute approximate surface area is 144 Å². The molecule has 0 bridgehead atoms. The van der Waals surface area contributed by atoms with Crippen molar-refractivity contribution in [3.63, 3.8) is 0 Å². The first kappa shape index (κ1) is 23.3. The van der Waals surface area contributed by atoms with E-state index in [1.165, 1.54) is 0 Å². The van der Waals surface area contributed by atoms with Crippen LogP contribution in [-0.2, 0) is 20.4 Å². The van der Waals surface area contributed by atoms with E-state index in [1.54, 1.807) is 12.4 Å². The molecular formula is C12H16ClN4O4Pd+. The van der Waals surface area contributed by atoms with Crippen molar-refractivity contribution in [3.8, 4) is 11.4 Å². The zero-order valence-electron chi connectivity index (χ0n) is 11.4. The molecule has 124 valence electrons. The van der Waals surface area contributed by atoms with Gasteiger partial charge in [-0.2, -0.15) is 0 Å². The van der Waals surface area contributed by atoms with Gasteiger partial charge >= 0.3 is 20.4 Å². The van der Waals surface area contributed by atoms with E-state index in [-0.39, 0.29) is 20.4 Å². The third-order valence-electron chi connectivity index (χ3n) is 1.76. The van der Waals surface area contributed by atoms with Crippen molar-refractivity contribution in [1.29, 1.82) is 0 Å². The van der Waals surface area contributed by atoms with Crippen LogP contribution in [0.2, 0.25) is 0 Å². The van der Waals surface area contributed by atoms with Crippen LogP contribution in [-0.4, -0.2) is 23.1 Å². The van der Waals surface area contributed by atoms with E-state index in [0.717, 1.165) is 11.4 Å². The minimum Gasteiger partial charge on any atom is -0.329 e. The third kappa shape index (κ3) is 15.4. The second-order valence-electron chi connectivity index (χ2n) is 3.39. The van der Waals surface area contributed by atoms with Crippen molar-refractivity contribution < 1.29 is 49.3 Å². The van der Waals surface area contributed by atoms with Crippen LogP contribution in [0.15, 0.2) is 48.8 Å². The fraction of sp³-hybridized carbons (Fsp3) is 0.167. The monoisotopic (exact) mass is 421 g/mol. The van der Waals surface area contributed by atoms with Gasteiger partial charge in [0.15, 0.2) is 0 Å². The molecule has 8 nitrogen and oxygen atoms in total. The molecule has 22 heavy (non-hydrogen) atoms. The van der Waals surface area contributed by atoms with Crippen LogP contribution in [0.25, 0.3) is 11.4 Å². The van der Waals surface area contributed by atoms with Crippen LogP contribution in [0, 0.1) is 10.2 Å². The number of hydrogen-bond acceptors (Lipinski definition) is 8. The predicted octanol–water partition coefficient (Wildman–Crippen LogP) is -3.71. The average Bonchev–Trinajstić information content (AvgIpc) is 2.48. The minimum absolute atomic E-state index is 0. The smallest absolute Gasteiger partial charge is 0.329 e. The Balaban J connectivity index is 0. The maximum absolute atomic E-state index is 8.49. The molecule has 0 radical (unpaired) electrons. The maximum atomic E-state index is 8.49. The second kappa shape index (κ2) is 13.7. The molecule has 2 heterocycles. The van der Waals surface area contributed by atoms with E-state index in [2.05, 4.69) is 9.97 Å². The van der Waals surface area contributed by atoms with Crippen LogP contribution in [0.3, 0.4) is 0 Å². The van der Waals surface area contributed by atoms with Gasteiger partial charge in [0.2, 0.25) is 0 Å². The minimum atomic E-state index is -4.94. The molecule has 0 amide bonds. The topological polar surface area (TPSA) is 170 Å². The largest absolute Gasteiger partial charge is 2.00 e. The number of nitrogens with zero attached hydrogens (tertiary/aromatic N) is 2. The van der Waals surface area contributed by atoms with Gasteiger partial charge in [-0.25, -0.2) is 18.6 Å². The zero-order valence-corrected chi connectivity index (χ0v) is 13.7. The number of pyridine rings is 2. The fourth-order valence-corrected chi connectivity index (χ4v) is 1.03. The van der Waals surface area contributed by atoms with Crippen molar-refractivity contribution in [1.82, 2.24) is 9.97 Å². The zero-order chi connectivity index (χ0) is 16.1. The van der Waals surface area contributed by atoms with Crippen LogP contribution in [0.4, 0.5) is 0 Å². The second-order valence-corrected chi connectivity index (χ2v) is 4.14. The van der Waals surface area contributed by atoms with Gasteiger partial charge in [-0.3, -0.25) is 9.97 Å². The van der Waals surface area contributed by atoms with Gasteiger partial charge in [0.05, 0.1) is 11.4 Å². The molecule has 4 N–H and O–H groups in total. The van der Waals surface area contributed by atoms with E-state index >= 15 is 0 Å². The van der Waals surface area contributed by atoms with Gasteiger partial charge in [0, 0.05) is 25.5 Å². The summed E-state index contributed by atoms with van der Waals surface area (Å²) in [5, 5.41) is 0.